The Labute approximate surface area is 171 Å². The van der Waals surface area contributed by atoms with Crippen LogP contribution in [0.15, 0.2) is 18.5 Å². The summed E-state index contributed by atoms with van der Waals surface area (Å²) in [6, 6.07) is 4.40. The first kappa shape index (κ1) is 19.5. The van der Waals surface area contributed by atoms with Crippen molar-refractivity contribution in [3.63, 3.8) is 0 Å². The van der Waals surface area contributed by atoms with Gasteiger partial charge >= 0.3 is 0 Å². The van der Waals surface area contributed by atoms with Crippen LogP contribution in [0.1, 0.15) is 66.0 Å². The second-order valence-electron chi connectivity index (χ2n) is 8.23. The Bertz CT molecular complexity index is 811. The lowest BCUT2D eigenvalue weighted by Gasteiger charge is -2.28. The van der Waals surface area contributed by atoms with E-state index in [1.807, 2.05) is 11.3 Å². The highest BCUT2D eigenvalue weighted by Crippen LogP contribution is 2.28. The highest BCUT2D eigenvalue weighted by molar-refractivity contribution is 7.11. The summed E-state index contributed by atoms with van der Waals surface area (Å²) >= 11 is 1.86. The van der Waals surface area contributed by atoms with Crippen LogP contribution in [0.3, 0.4) is 0 Å². The lowest BCUT2D eigenvalue weighted by molar-refractivity contribution is -0.117. The van der Waals surface area contributed by atoms with E-state index < -0.39 is 0 Å². The van der Waals surface area contributed by atoms with Crippen LogP contribution in [0.4, 0.5) is 5.82 Å². The summed E-state index contributed by atoms with van der Waals surface area (Å²) in [5.41, 5.74) is 2.18. The van der Waals surface area contributed by atoms with Crippen LogP contribution >= 0.6 is 11.3 Å². The minimum Gasteiger partial charge on any atom is -0.310 e. The molecule has 0 saturated heterocycles. The van der Waals surface area contributed by atoms with Gasteiger partial charge in [-0.25, -0.2) is 9.97 Å². The molecule has 2 aliphatic rings. The van der Waals surface area contributed by atoms with Crippen LogP contribution in [0, 0.1) is 12.8 Å². The Kier molecular flexibility index (Phi) is 6.37. The number of nitrogens with one attached hydrogen (secondary N) is 1. The van der Waals surface area contributed by atoms with Crippen molar-refractivity contribution < 1.29 is 4.79 Å². The third-order valence-electron chi connectivity index (χ3n) is 5.97. The molecular formula is C22H30N4OS. The van der Waals surface area contributed by atoms with Crippen molar-refractivity contribution >= 4 is 23.1 Å². The fourth-order valence-corrected chi connectivity index (χ4v) is 5.39. The van der Waals surface area contributed by atoms with Gasteiger partial charge in [-0.1, -0.05) is 25.7 Å². The van der Waals surface area contributed by atoms with Crippen molar-refractivity contribution in [1.29, 1.82) is 0 Å². The molecule has 1 N–H and O–H groups in total. The van der Waals surface area contributed by atoms with Gasteiger partial charge < -0.3 is 5.32 Å². The van der Waals surface area contributed by atoms with Crippen molar-refractivity contribution in [3.05, 3.63) is 39.5 Å². The average molecular weight is 399 g/mol. The maximum absolute atomic E-state index is 12.6. The number of aryl methyl sites for hydroxylation is 1. The molecule has 1 saturated carbocycles. The maximum Gasteiger partial charge on any atom is 0.225 e. The molecule has 0 bridgehead atoms. The van der Waals surface area contributed by atoms with Gasteiger partial charge in [0.25, 0.3) is 0 Å². The number of nitrogens with zero attached hydrogens (tertiary/aromatic N) is 3. The largest absolute Gasteiger partial charge is 0.310 e. The molecule has 0 atom stereocenters. The van der Waals surface area contributed by atoms with E-state index in [2.05, 4.69) is 39.2 Å². The number of aromatic nitrogens is 2. The van der Waals surface area contributed by atoms with Crippen LogP contribution in [-0.2, 0) is 24.3 Å². The minimum absolute atomic E-state index is 0.115. The second kappa shape index (κ2) is 9.14. The Morgan fingerprint density at radius 1 is 1.21 bits per heavy atom. The van der Waals surface area contributed by atoms with Gasteiger partial charge in [-0.15, -0.1) is 11.3 Å². The van der Waals surface area contributed by atoms with E-state index in [0.717, 1.165) is 43.1 Å². The summed E-state index contributed by atoms with van der Waals surface area (Å²) in [5.74, 6) is 1.38. The molecule has 1 aliphatic carbocycles. The fourth-order valence-electron chi connectivity index (χ4n) is 4.46. The van der Waals surface area contributed by atoms with Crippen molar-refractivity contribution in [1.82, 2.24) is 14.9 Å². The number of fused-ring (bicyclic) bond motifs is 1. The standard InChI is InChI=1S/C22H30N4OS/c1-16-8-9-18(28-16)13-26-11-10-19-20(14-26)23-15-24-22(19)25-21(27)12-17-6-4-2-3-5-7-17/h8-9,15,17H,2-7,10-14H2,1H3,(H,23,24,25,27). The molecule has 0 aromatic carbocycles. The van der Waals surface area contributed by atoms with E-state index in [1.54, 1.807) is 6.33 Å². The van der Waals surface area contributed by atoms with Crippen molar-refractivity contribution in [2.45, 2.75) is 71.4 Å². The molecule has 150 valence electrons. The number of amides is 1. The zero-order valence-corrected chi connectivity index (χ0v) is 17.6. The van der Waals surface area contributed by atoms with Gasteiger partial charge in [-0.3, -0.25) is 9.69 Å². The van der Waals surface area contributed by atoms with Gasteiger partial charge in [0.05, 0.1) is 5.69 Å². The summed E-state index contributed by atoms with van der Waals surface area (Å²) in [6.07, 6.45) is 10.7. The molecule has 2 aromatic rings. The topological polar surface area (TPSA) is 58.1 Å². The predicted octanol–water partition coefficient (Wildman–Crippen LogP) is 4.70. The molecule has 0 radical (unpaired) electrons. The average Bonchev–Trinajstić information content (AvgIpc) is 2.92. The van der Waals surface area contributed by atoms with Gasteiger partial charge in [-0.05, 0) is 44.2 Å². The zero-order valence-electron chi connectivity index (χ0n) is 16.7. The highest BCUT2D eigenvalue weighted by Gasteiger charge is 2.23. The second-order valence-corrected chi connectivity index (χ2v) is 9.60. The Hall–Kier alpha value is -1.79. The summed E-state index contributed by atoms with van der Waals surface area (Å²) in [4.78, 5) is 26.7. The monoisotopic (exact) mass is 398 g/mol. The quantitative estimate of drug-likeness (QED) is 0.742. The molecule has 1 fully saturated rings. The number of hydrogen-bond acceptors (Lipinski definition) is 5. The van der Waals surface area contributed by atoms with E-state index in [-0.39, 0.29) is 5.91 Å². The first-order chi connectivity index (χ1) is 13.7. The zero-order chi connectivity index (χ0) is 19.3. The number of hydrogen-bond donors (Lipinski definition) is 1. The maximum atomic E-state index is 12.6. The Balaban J connectivity index is 1.37. The van der Waals surface area contributed by atoms with E-state index in [0.29, 0.717) is 12.3 Å². The number of anilines is 1. The lowest BCUT2D eigenvalue weighted by Crippen LogP contribution is -2.31. The van der Waals surface area contributed by atoms with Crippen molar-refractivity contribution in [3.8, 4) is 0 Å². The SMILES string of the molecule is Cc1ccc(CN2CCc3c(ncnc3NC(=O)CC3CCCCCC3)C2)s1. The smallest absolute Gasteiger partial charge is 0.225 e. The van der Waals surface area contributed by atoms with Gasteiger partial charge in [-0.2, -0.15) is 0 Å². The fraction of sp³-hybridized carbons (Fsp3) is 0.591. The van der Waals surface area contributed by atoms with Gasteiger partial charge in [0.2, 0.25) is 5.91 Å². The van der Waals surface area contributed by atoms with Gasteiger partial charge in [0.15, 0.2) is 0 Å². The predicted molar refractivity (Wildman–Crippen MR) is 113 cm³/mol. The molecule has 1 amide bonds. The Morgan fingerprint density at radius 3 is 2.79 bits per heavy atom. The first-order valence-electron chi connectivity index (χ1n) is 10.6. The van der Waals surface area contributed by atoms with Crippen LogP contribution in [0.5, 0.6) is 0 Å². The van der Waals surface area contributed by atoms with Gasteiger partial charge in [0, 0.05) is 41.4 Å². The summed E-state index contributed by atoms with van der Waals surface area (Å²) in [5, 5.41) is 3.10. The molecule has 1 aliphatic heterocycles. The van der Waals surface area contributed by atoms with Crippen LogP contribution in [0.2, 0.25) is 0 Å². The van der Waals surface area contributed by atoms with Crippen molar-refractivity contribution in [2.75, 3.05) is 11.9 Å². The number of rotatable bonds is 5. The molecule has 3 heterocycles. The summed E-state index contributed by atoms with van der Waals surface area (Å²) < 4.78 is 0. The molecule has 5 nitrogen and oxygen atoms in total. The van der Waals surface area contributed by atoms with Crippen LogP contribution in [-0.4, -0.2) is 27.3 Å². The Morgan fingerprint density at radius 2 is 2.04 bits per heavy atom. The molecule has 0 unspecified atom stereocenters. The molecular weight excluding hydrogens is 368 g/mol. The lowest BCUT2D eigenvalue weighted by atomic mass is 9.96. The minimum atomic E-state index is 0.115. The third kappa shape index (κ3) is 4.97. The summed E-state index contributed by atoms with van der Waals surface area (Å²) in [6.45, 7) is 4.91. The van der Waals surface area contributed by atoms with Crippen molar-refractivity contribution in [2.24, 2.45) is 5.92 Å². The normalized spacial score (nSPS) is 18.5. The van der Waals surface area contributed by atoms with Crippen LogP contribution in [0.25, 0.3) is 0 Å². The molecule has 2 aromatic heterocycles. The highest BCUT2D eigenvalue weighted by atomic mass is 32.1. The molecule has 0 spiro atoms. The molecule has 4 rings (SSSR count). The van der Waals surface area contributed by atoms with E-state index in [4.69, 9.17) is 0 Å². The molecule has 6 heteroatoms. The van der Waals surface area contributed by atoms with Gasteiger partial charge in [0.1, 0.15) is 12.1 Å². The number of thiophene rings is 1. The van der Waals surface area contributed by atoms with E-state index in [9.17, 15) is 4.79 Å². The van der Waals surface area contributed by atoms with Crippen LogP contribution < -0.4 is 5.32 Å². The van der Waals surface area contributed by atoms with E-state index in [1.165, 1.54) is 48.3 Å². The number of carbonyl (C=O) groups excluding carboxylic acids is 1. The summed E-state index contributed by atoms with van der Waals surface area (Å²) in [7, 11) is 0. The number of carbonyl (C=O) groups is 1. The third-order valence-corrected chi connectivity index (χ3v) is 6.95. The first-order valence-corrected chi connectivity index (χ1v) is 11.4. The van der Waals surface area contributed by atoms with E-state index >= 15 is 0 Å². The molecule has 28 heavy (non-hydrogen) atoms.